The van der Waals surface area contributed by atoms with E-state index in [-0.39, 0.29) is 34.6 Å². The summed E-state index contributed by atoms with van der Waals surface area (Å²) in [7, 11) is 0. The highest BCUT2D eigenvalue weighted by Gasteiger charge is 2.25. The third-order valence-electron chi connectivity index (χ3n) is 6.85. The Hall–Kier alpha value is -4.07. The van der Waals surface area contributed by atoms with E-state index < -0.39 is 11.9 Å². The molecule has 0 saturated heterocycles. The first-order chi connectivity index (χ1) is 17.9. The lowest BCUT2D eigenvalue weighted by molar-refractivity contribution is 0.0523. The van der Waals surface area contributed by atoms with Gasteiger partial charge in [0.1, 0.15) is 16.9 Å². The maximum Gasteiger partial charge on any atom is 0.341 e. The summed E-state index contributed by atoms with van der Waals surface area (Å²) in [4.78, 5) is 49.6. The van der Waals surface area contributed by atoms with Gasteiger partial charge in [0.2, 0.25) is 0 Å². The van der Waals surface area contributed by atoms with Crippen molar-refractivity contribution in [3.63, 3.8) is 0 Å². The van der Waals surface area contributed by atoms with Crippen LogP contribution in [0.25, 0.3) is 16.7 Å². The van der Waals surface area contributed by atoms with E-state index in [1.807, 2.05) is 30.5 Å². The molecule has 5 rings (SSSR count). The van der Waals surface area contributed by atoms with Crippen LogP contribution in [0.15, 0.2) is 58.4 Å². The van der Waals surface area contributed by atoms with Gasteiger partial charge >= 0.3 is 5.97 Å². The number of amides is 1. The van der Waals surface area contributed by atoms with E-state index in [0.717, 1.165) is 43.2 Å². The molecule has 1 saturated carbocycles. The molecule has 37 heavy (non-hydrogen) atoms. The number of aryl methyl sites for hydroxylation is 2. The number of aromatic nitrogens is 3. The zero-order chi connectivity index (χ0) is 26.1. The fourth-order valence-corrected chi connectivity index (χ4v) is 5.26. The molecule has 1 aliphatic rings. The van der Waals surface area contributed by atoms with E-state index in [0.29, 0.717) is 16.9 Å². The van der Waals surface area contributed by atoms with E-state index in [4.69, 9.17) is 9.72 Å². The highest BCUT2D eigenvalue weighted by atomic mass is 16.5. The van der Waals surface area contributed by atoms with Gasteiger partial charge in [-0.3, -0.25) is 14.0 Å². The first-order valence-corrected chi connectivity index (χ1v) is 12.8. The van der Waals surface area contributed by atoms with Gasteiger partial charge in [0, 0.05) is 17.8 Å². The summed E-state index contributed by atoms with van der Waals surface area (Å²) in [6.45, 7) is 5.72. The number of fused-ring (bicyclic) bond motifs is 2. The van der Waals surface area contributed by atoms with Crippen LogP contribution in [0, 0.1) is 13.8 Å². The van der Waals surface area contributed by atoms with Gasteiger partial charge in [-0.25, -0.2) is 9.78 Å². The lowest BCUT2D eigenvalue weighted by Gasteiger charge is -2.27. The first kappa shape index (κ1) is 24.6. The summed E-state index contributed by atoms with van der Waals surface area (Å²) >= 11 is 0. The highest BCUT2D eigenvalue weighted by Crippen LogP contribution is 2.29. The van der Waals surface area contributed by atoms with Gasteiger partial charge in [0.05, 0.1) is 12.0 Å². The molecule has 3 aromatic heterocycles. The van der Waals surface area contributed by atoms with Crippen molar-refractivity contribution >= 4 is 28.6 Å². The van der Waals surface area contributed by atoms with E-state index in [1.165, 1.54) is 10.5 Å². The van der Waals surface area contributed by atoms with Crippen LogP contribution >= 0.6 is 0 Å². The van der Waals surface area contributed by atoms with Crippen molar-refractivity contribution in [1.82, 2.24) is 14.0 Å². The molecule has 1 aliphatic carbocycles. The molecular weight excluding hydrogens is 468 g/mol. The molecule has 1 aromatic carbocycles. The highest BCUT2D eigenvalue weighted by molar-refractivity contribution is 5.97. The molecule has 3 heterocycles. The topological polar surface area (TPSA) is 95.0 Å². The molecule has 4 aromatic rings. The summed E-state index contributed by atoms with van der Waals surface area (Å²) < 4.78 is 8.66. The first-order valence-electron chi connectivity index (χ1n) is 12.8. The molecule has 1 amide bonds. The summed E-state index contributed by atoms with van der Waals surface area (Å²) in [6.07, 6.45) is 6.43. The van der Waals surface area contributed by atoms with Gasteiger partial charge < -0.3 is 9.30 Å². The van der Waals surface area contributed by atoms with Crippen LogP contribution in [-0.4, -0.2) is 32.4 Å². The van der Waals surface area contributed by atoms with Gasteiger partial charge in [-0.1, -0.05) is 42.5 Å². The standard InChI is InChI=1S/C29H30N4O4/c1-4-37-29(36)23-17-22-25(30-24-12-8-9-13-32(24)28(22)35)33(21-10-6-5-7-11-21)26(23)31-27(34)20-15-18(2)14-19(3)16-20/h8-9,12-17,21H,4-7,10-11H2,1-3H3. The molecule has 0 aliphatic heterocycles. The minimum atomic E-state index is -0.626. The SMILES string of the molecule is CCOC(=O)c1cc2c(=O)n3ccccc3nc2n(C2CCCCC2)c1=NC(=O)c1cc(C)cc(C)c1. The van der Waals surface area contributed by atoms with Crippen LogP contribution in [0.1, 0.15) is 76.9 Å². The maximum atomic E-state index is 13.5. The van der Waals surface area contributed by atoms with Crippen molar-refractivity contribution in [2.45, 2.75) is 58.9 Å². The third kappa shape index (κ3) is 4.71. The normalized spacial score (nSPS) is 14.8. The minimum Gasteiger partial charge on any atom is -0.462 e. The number of hydrogen-bond acceptors (Lipinski definition) is 5. The van der Waals surface area contributed by atoms with Crippen LogP contribution in [0.5, 0.6) is 0 Å². The summed E-state index contributed by atoms with van der Waals surface area (Å²) in [6, 6.07) is 12.3. The largest absolute Gasteiger partial charge is 0.462 e. The predicted octanol–water partition coefficient (Wildman–Crippen LogP) is 4.69. The van der Waals surface area contributed by atoms with E-state index in [1.54, 1.807) is 37.4 Å². The van der Waals surface area contributed by atoms with Crippen molar-refractivity contribution < 1.29 is 14.3 Å². The molecule has 8 nitrogen and oxygen atoms in total. The summed E-state index contributed by atoms with van der Waals surface area (Å²) in [5.74, 6) is -1.09. The second-order valence-corrected chi connectivity index (χ2v) is 9.64. The van der Waals surface area contributed by atoms with Crippen molar-refractivity contribution in [3.8, 4) is 0 Å². The Morgan fingerprint density at radius 3 is 2.49 bits per heavy atom. The van der Waals surface area contributed by atoms with Gasteiger partial charge in [-0.2, -0.15) is 4.99 Å². The Labute approximate surface area is 214 Å². The molecule has 0 bridgehead atoms. The molecule has 0 spiro atoms. The predicted molar refractivity (Wildman–Crippen MR) is 141 cm³/mol. The average molecular weight is 499 g/mol. The third-order valence-corrected chi connectivity index (χ3v) is 6.85. The number of carbonyl (C=O) groups excluding carboxylic acids is 2. The van der Waals surface area contributed by atoms with E-state index in [2.05, 4.69) is 4.99 Å². The van der Waals surface area contributed by atoms with Gasteiger partial charge in [-0.05, 0) is 63.9 Å². The Balaban J connectivity index is 1.90. The molecule has 0 atom stereocenters. The molecule has 0 radical (unpaired) electrons. The molecule has 0 unspecified atom stereocenters. The smallest absolute Gasteiger partial charge is 0.341 e. The van der Waals surface area contributed by atoms with Crippen LogP contribution in [-0.2, 0) is 4.74 Å². The molecule has 190 valence electrons. The number of esters is 1. The Kier molecular flexibility index (Phi) is 6.74. The lowest BCUT2D eigenvalue weighted by Crippen LogP contribution is -2.35. The number of rotatable bonds is 4. The van der Waals surface area contributed by atoms with Crippen molar-refractivity contribution in [2.24, 2.45) is 4.99 Å². The van der Waals surface area contributed by atoms with Crippen LogP contribution < -0.4 is 11.0 Å². The zero-order valence-corrected chi connectivity index (χ0v) is 21.4. The average Bonchev–Trinajstić information content (AvgIpc) is 2.88. The maximum absolute atomic E-state index is 13.5. The number of benzene rings is 1. The van der Waals surface area contributed by atoms with Gasteiger partial charge in [0.25, 0.3) is 11.5 Å². The number of pyridine rings is 2. The Morgan fingerprint density at radius 1 is 1.05 bits per heavy atom. The molecule has 1 fully saturated rings. The number of hydrogen-bond donors (Lipinski definition) is 0. The Bertz CT molecular complexity index is 1640. The molecular formula is C29H30N4O4. The molecule has 0 N–H and O–H groups in total. The fourth-order valence-electron chi connectivity index (χ4n) is 5.26. The van der Waals surface area contributed by atoms with Crippen LogP contribution in [0.3, 0.4) is 0 Å². The number of nitrogens with zero attached hydrogens (tertiary/aromatic N) is 4. The van der Waals surface area contributed by atoms with Crippen LogP contribution in [0.4, 0.5) is 0 Å². The summed E-state index contributed by atoms with van der Waals surface area (Å²) in [5, 5.41) is 0.287. The summed E-state index contributed by atoms with van der Waals surface area (Å²) in [5.41, 5.74) is 3.23. The fraction of sp³-hybridized carbons (Fsp3) is 0.345. The van der Waals surface area contributed by atoms with E-state index in [9.17, 15) is 14.4 Å². The van der Waals surface area contributed by atoms with Crippen molar-refractivity contribution in [2.75, 3.05) is 6.61 Å². The number of carbonyl (C=O) groups is 2. The van der Waals surface area contributed by atoms with Crippen LogP contribution in [0.2, 0.25) is 0 Å². The quantitative estimate of drug-likeness (QED) is 0.301. The van der Waals surface area contributed by atoms with Gasteiger partial charge in [0.15, 0.2) is 5.49 Å². The van der Waals surface area contributed by atoms with Crippen molar-refractivity contribution in [3.05, 3.63) is 86.8 Å². The molecule has 8 heteroatoms. The monoisotopic (exact) mass is 498 g/mol. The number of ether oxygens (including phenoxy) is 1. The van der Waals surface area contributed by atoms with Gasteiger partial charge in [-0.15, -0.1) is 0 Å². The van der Waals surface area contributed by atoms with E-state index >= 15 is 0 Å². The second-order valence-electron chi connectivity index (χ2n) is 9.64. The zero-order valence-electron chi connectivity index (χ0n) is 21.4. The minimum absolute atomic E-state index is 0.0607. The van der Waals surface area contributed by atoms with Crippen molar-refractivity contribution in [1.29, 1.82) is 0 Å². The Morgan fingerprint density at radius 2 is 1.78 bits per heavy atom. The second kappa shape index (κ2) is 10.1. The lowest BCUT2D eigenvalue weighted by atomic mass is 9.94.